The largest absolute Gasteiger partial charge is 0.332 e. The Balaban J connectivity index is 1.97. The minimum atomic E-state index is -0.206. The van der Waals surface area contributed by atoms with Gasteiger partial charge in [-0.25, -0.2) is 0 Å². The van der Waals surface area contributed by atoms with Gasteiger partial charge in [-0.2, -0.15) is 11.3 Å². The van der Waals surface area contributed by atoms with Crippen molar-refractivity contribution in [1.82, 2.24) is 4.90 Å². The van der Waals surface area contributed by atoms with Crippen LogP contribution >= 0.6 is 23.1 Å². The smallest absolute Gasteiger partial charge is 0.254 e. The molecule has 1 aromatic carbocycles. The van der Waals surface area contributed by atoms with Gasteiger partial charge in [0.25, 0.3) is 5.91 Å². The van der Waals surface area contributed by atoms with Crippen molar-refractivity contribution in [3.63, 3.8) is 0 Å². The number of hydrogen-bond acceptors (Lipinski definition) is 4. The van der Waals surface area contributed by atoms with Gasteiger partial charge in [0.2, 0.25) is 5.91 Å². The molecule has 6 heteroatoms. The zero-order chi connectivity index (χ0) is 15.2. The summed E-state index contributed by atoms with van der Waals surface area (Å²) in [6, 6.07) is 9.35. The summed E-state index contributed by atoms with van der Waals surface area (Å²) in [5, 5.41) is 6.46. The molecule has 0 unspecified atom stereocenters. The van der Waals surface area contributed by atoms with E-state index in [1.165, 1.54) is 16.2 Å². The molecule has 1 aromatic heterocycles. The molecular weight excluding hydrogens is 304 g/mol. The van der Waals surface area contributed by atoms with E-state index in [9.17, 15) is 9.59 Å². The van der Waals surface area contributed by atoms with Crippen LogP contribution in [0.15, 0.2) is 46.0 Å². The summed E-state index contributed by atoms with van der Waals surface area (Å²) < 4.78 is 0. The summed E-state index contributed by atoms with van der Waals surface area (Å²) in [6.07, 6.45) is 1.96. The van der Waals surface area contributed by atoms with E-state index in [4.69, 9.17) is 0 Å². The molecule has 2 amide bonds. The summed E-state index contributed by atoms with van der Waals surface area (Å²) in [7, 11) is 1.63. The van der Waals surface area contributed by atoms with Gasteiger partial charge in [-0.15, -0.1) is 11.8 Å². The minimum Gasteiger partial charge on any atom is -0.332 e. The molecule has 0 atom stereocenters. The second-order valence-corrected chi connectivity index (χ2v) is 6.05. The molecule has 1 N–H and O–H groups in total. The van der Waals surface area contributed by atoms with Crippen molar-refractivity contribution in [2.24, 2.45) is 0 Å². The van der Waals surface area contributed by atoms with Crippen molar-refractivity contribution in [3.8, 4) is 0 Å². The van der Waals surface area contributed by atoms with Crippen LogP contribution in [0.2, 0.25) is 0 Å². The van der Waals surface area contributed by atoms with E-state index in [1.54, 1.807) is 30.3 Å². The number of para-hydroxylation sites is 1. The maximum absolute atomic E-state index is 12.1. The predicted octanol–water partition coefficient (Wildman–Crippen LogP) is 3.18. The number of thioether (sulfide) groups is 1. The molecular formula is C15H16N2O2S2. The Morgan fingerprint density at radius 2 is 2.05 bits per heavy atom. The lowest BCUT2D eigenvalue weighted by atomic mass is 10.3. The fraction of sp³-hybridized carbons (Fsp3) is 0.200. The highest BCUT2D eigenvalue weighted by Gasteiger charge is 2.15. The number of nitrogens with zero attached hydrogens (tertiary/aromatic N) is 1. The van der Waals surface area contributed by atoms with Crippen LogP contribution in [0.4, 0.5) is 5.69 Å². The first-order valence-corrected chi connectivity index (χ1v) is 8.49. The fourth-order valence-electron chi connectivity index (χ4n) is 1.83. The molecule has 0 saturated heterocycles. The number of likely N-dealkylation sites (N-methyl/N-ethyl adjacent to an activating group) is 1. The zero-order valence-corrected chi connectivity index (χ0v) is 13.5. The standard InChI is InChI=1S/C15H16N2O2S2/c1-17(15(19)11-7-8-21-10-11)9-14(18)16-12-5-3-4-6-13(12)20-2/h3-8,10H,9H2,1-2H3,(H,16,18). The Labute approximate surface area is 132 Å². The van der Waals surface area contributed by atoms with Crippen molar-refractivity contribution in [3.05, 3.63) is 46.7 Å². The highest BCUT2D eigenvalue weighted by atomic mass is 32.2. The van der Waals surface area contributed by atoms with E-state index < -0.39 is 0 Å². The third-order valence-corrected chi connectivity index (χ3v) is 4.36. The zero-order valence-electron chi connectivity index (χ0n) is 11.8. The van der Waals surface area contributed by atoms with Crippen LogP contribution in [0, 0.1) is 0 Å². The summed E-state index contributed by atoms with van der Waals surface area (Å²) >= 11 is 3.03. The number of benzene rings is 1. The molecule has 1 heterocycles. The number of amides is 2. The van der Waals surface area contributed by atoms with Crippen molar-refractivity contribution in [2.45, 2.75) is 4.90 Å². The first-order valence-electron chi connectivity index (χ1n) is 6.32. The average molecular weight is 320 g/mol. The van der Waals surface area contributed by atoms with Crippen molar-refractivity contribution in [1.29, 1.82) is 0 Å². The van der Waals surface area contributed by atoms with E-state index in [0.29, 0.717) is 5.56 Å². The molecule has 2 rings (SSSR count). The van der Waals surface area contributed by atoms with E-state index in [1.807, 2.05) is 35.9 Å². The molecule has 0 spiro atoms. The normalized spacial score (nSPS) is 10.2. The van der Waals surface area contributed by atoms with Gasteiger partial charge in [0.15, 0.2) is 0 Å². The molecule has 0 aliphatic carbocycles. The van der Waals surface area contributed by atoms with E-state index in [-0.39, 0.29) is 18.4 Å². The molecule has 0 aliphatic heterocycles. The molecule has 21 heavy (non-hydrogen) atoms. The van der Waals surface area contributed by atoms with Gasteiger partial charge < -0.3 is 10.2 Å². The second-order valence-electron chi connectivity index (χ2n) is 4.42. The lowest BCUT2D eigenvalue weighted by Crippen LogP contribution is -2.34. The molecule has 0 saturated carbocycles. The molecule has 0 aliphatic rings. The van der Waals surface area contributed by atoms with Crippen LogP contribution in [0.25, 0.3) is 0 Å². The van der Waals surface area contributed by atoms with E-state index in [0.717, 1.165) is 10.6 Å². The summed E-state index contributed by atoms with van der Waals surface area (Å²) in [5.41, 5.74) is 1.38. The quantitative estimate of drug-likeness (QED) is 0.861. The number of carbonyl (C=O) groups is 2. The van der Waals surface area contributed by atoms with E-state index in [2.05, 4.69) is 5.32 Å². The van der Waals surface area contributed by atoms with Crippen LogP contribution in [0.3, 0.4) is 0 Å². The first-order chi connectivity index (χ1) is 10.1. The number of rotatable bonds is 5. The topological polar surface area (TPSA) is 49.4 Å². The number of carbonyl (C=O) groups excluding carboxylic acids is 2. The Bertz CT molecular complexity index is 626. The number of hydrogen-bond donors (Lipinski definition) is 1. The highest BCUT2D eigenvalue weighted by molar-refractivity contribution is 7.98. The fourth-order valence-corrected chi connectivity index (χ4v) is 3.01. The number of anilines is 1. The number of nitrogens with one attached hydrogen (secondary N) is 1. The predicted molar refractivity (Wildman–Crippen MR) is 88.1 cm³/mol. The van der Waals surface area contributed by atoms with Crippen LogP contribution in [0.5, 0.6) is 0 Å². The van der Waals surface area contributed by atoms with Crippen molar-refractivity contribution >= 4 is 40.6 Å². The maximum atomic E-state index is 12.1. The Morgan fingerprint density at radius 1 is 1.29 bits per heavy atom. The Hall–Kier alpha value is -1.79. The van der Waals surface area contributed by atoms with Gasteiger partial charge in [0, 0.05) is 17.3 Å². The van der Waals surface area contributed by atoms with Crippen molar-refractivity contribution < 1.29 is 9.59 Å². The average Bonchev–Trinajstić information content (AvgIpc) is 3.01. The Morgan fingerprint density at radius 3 is 2.71 bits per heavy atom. The minimum absolute atomic E-state index is 0.0252. The molecule has 4 nitrogen and oxygen atoms in total. The Kier molecular flexibility index (Phi) is 5.41. The van der Waals surface area contributed by atoms with Gasteiger partial charge in [-0.1, -0.05) is 12.1 Å². The lowest BCUT2D eigenvalue weighted by molar-refractivity contribution is -0.116. The molecule has 0 radical (unpaired) electrons. The molecule has 2 aromatic rings. The summed E-state index contributed by atoms with van der Waals surface area (Å²) in [4.78, 5) is 26.5. The highest BCUT2D eigenvalue weighted by Crippen LogP contribution is 2.24. The van der Waals surface area contributed by atoms with Crippen LogP contribution < -0.4 is 5.32 Å². The van der Waals surface area contributed by atoms with E-state index >= 15 is 0 Å². The van der Waals surface area contributed by atoms with Gasteiger partial charge in [0.05, 0.1) is 17.8 Å². The summed E-state index contributed by atoms with van der Waals surface area (Å²) in [5.74, 6) is -0.355. The lowest BCUT2D eigenvalue weighted by Gasteiger charge is -2.16. The monoisotopic (exact) mass is 320 g/mol. The maximum Gasteiger partial charge on any atom is 0.254 e. The van der Waals surface area contributed by atoms with Gasteiger partial charge in [-0.3, -0.25) is 9.59 Å². The molecule has 0 bridgehead atoms. The van der Waals surface area contributed by atoms with Gasteiger partial charge in [0.1, 0.15) is 0 Å². The van der Waals surface area contributed by atoms with Crippen molar-refractivity contribution in [2.75, 3.05) is 25.2 Å². The summed E-state index contributed by atoms with van der Waals surface area (Å²) in [6.45, 7) is 0.0252. The van der Waals surface area contributed by atoms with Gasteiger partial charge in [-0.05, 0) is 29.8 Å². The molecule has 110 valence electrons. The number of thiophene rings is 1. The van der Waals surface area contributed by atoms with Crippen LogP contribution in [-0.2, 0) is 4.79 Å². The SMILES string of the molecule is CSc1ccccc1NC(=O)CN(C)C(=O)c1ccsc1. The van der Waals surface area contributed by atoms with Crippen LogP contribution in [-0.4, -0.2) is 36.6 Å². The van der Waals surface area contributed by atoms with Crippen LogP contribution in [0.1, 0.15) is 10.4 Å². The van der Waals surface area contributed by atoms with Gasteiger partial charge >= 0.3 is 0 Å². The first kappa shape index (κ1) is 15.6. The third kappa shape index (κ3) is 4.09. The second kappa shape index (κ2) is 7.28. The third-order valence-electron chi connectivity index (χ3n) is 2.88. The molecule has 0 fully saturated rings.